The first-order valence-corrected chi connectivity index (χ1v) is 8.87. The minimum Gasteiger partial charge on any atom is -0.456 e. The Kier molecular flexibility index (Phi) is 7.75. The molecule has 162 valence electrons. The van der Waals surface area contributed by atoms with Crippen molar-refractivity contribution < 1.29 is 64.2 Å². The molecule has 1 aliphatic heterocycles. The SMILES string of the molecule is CC(=O)O[C@@H]1[C@@H](OC(C)=O)[C@@H](OC(C)=O)C(O)O[C@H]1COS(=O)(=O)C(F)(F)F. The van der Waals surface area contributed by atoms with Crippen molar-refractivity contribution in [2.75, 3.05) is 6.61 Å². The fraction of sp³-hybridized carbons (Fsp3) is 0.769. The van der Waals surface area contributed by atoms with E-state index in [0.29, 0.717) is 0 Å². The van der Waals surface area contributed by atoms with E-state index in [1.807, 2.05) is 0 Å². The van der Waals surface area contributed by atoms with Crippen molar-refractivity contribution in [1.82, 2.24) is 0 Å². The van der Waals surface area contributed by atoms with E-state index >= 15 is 0 Å². The van der Waals surface area contributed by atoms with E-state index in [1.165, 1.54) is 0 Å². The molecule has 0 radical (unpaired) electrons. The van der Waals surface area contributed by atoms with Gasteiger partial charge in [0.15, 0.2) is 24.6 Å². The number of esters is 3. The van der Waals surface area contributed by atoms with E-state index in [-0.39, 0.29) is 0 Å². The first-order chi connectivity index (χ1) is 12.7. The highest BCUT2D eigenvalue weighted by molar-refractivity contribution is 7.87. The number of hydrogen-bond donors (Lipinski definition) is 1. The summed E-state index contributed by atoms with van der Waals surface area (Å²) in [6.45, 7) is 1.38. The molecule has 0 saturated carbocycles. The van der Waals surface area contributed by atoms with Crippen molar-refractivity contribution in [2.24, 2.45) is 0 Å². The summed E-state index contributed by atoms with van der Waals surface area (Å²) < 4.78 is 82.5. The van der Waals surface area contributed by atoms with E-state index < -0.39 is 70.8 Å². The number of aliphatic hydroxyl groups is 1. The van der Waals surface area contributed by atoms with Crippen LogP contribution in [0.3, 0.4) is 0 Å². The van der Waals surface area contributed by atoms with E-state index in [0.717, 1.165) is 20.8 Å². The van der Waals surface area contributed by atoms with Gasteiger partial charge in [-0.2, -0.15) is 21.6 Å². The number of hydrogen-bond acceptors (Lipinski definition) is 11. The predicted molar refractivity (Wildman–Crippen MR) is 78.5 cm³/mol. The molecule has 1 N–H and O–H groups in total. The molecule has 15 heteroatoms. The van der Waals surface area contributed by atoms with Crippen molar-refractivity contribution in [1.29, 1.82) is 0 Å². The summed E-state index contributed by atoms with van der Waals surface area (Å²) in [6.07, 6.45) is -9.11. The van der Waals surface area contributed by atoms with Gasteiger partial charge in [-0.25, -0.2) is 0 Å². The highest BCUT2D eigenvalue weighted by atomic mass is 32.2. The molecule has 11 nitrogen and oxygen atoms in total. The zero-order valence-electron chi connectivity index (χ0n) is 14.7. The molecule has 5 atom stereocenters. The molecule has 1 fully saturated rings. The fourth-order valence-electron chi connectivity index (χ4n) is 2.23. The molecule has 1 heterocycles. The number of aliphatic hydroxyl groups excluding tert-OH is 1. The van der Waals surface area contributed by atoms with E-state index in [9.17, 15) is 41.1 Å². The predicted octanol–water partition coefficient (Wildman–Crippen LogP) is -0.635. The van der Waals surface area contributed by atoms with Gasteiger partial charge in [0.1, 0.15) is 6.10 Å². The Morgan fingerprint density at radius 3 is 1.79 bits per heavy atom. The second-order valence-corrected chi connectivity index (χ2v) is 7.08. The quantitative estimate of drug-likeness (QED) is 0.244. The lowest BCUT2D eigenvalue weighted by atomic mass is 9.98. The van der Waals surface area contributed by atoms with Gasteiger partial charge < -0.3 is 24.1 Å². The van der Waals surface area contributed by atoms with Crippen LogP contribution in [0.2, 0.25) is 0 Å². The molecule has 0 bridgehead atoms. The molecule has 1 saturated heterocycles. The maximum Gasteiger partial charge on any atom is 0.523 e. The lowest BCUT2D eigenvalue weighted by Crippen LogP contribution is -2.62. The van der Waals surface area contributed by atoms with Crippen LogP contribution in [0.1, 0.15) is 20.8 Å². The highest BCUT2D eigenvalue weighted by Gasteiger charge is 2.53. The van der Waals surface area contributed by atoms with Gasteiger partial charge in [0.05, 0.1) is 6.61 Å². The topological polar surface area (TPSA) is 152 Å². The Labute approximate surface area is 156 Å². The lowest BCUT2D eigenvalue weighted by molar-refractivity contribution is -0.294. The lowest BCUT2D eigenvalue weighted by Gasteiger charge is -2.42. The smallest absolute Gasteiger partial charge is 0.456 e. The largest absolute Gasteiger partial charge is 0.523 e. The van der Waals surface area contributed by atoms with Crippen LogP contribution in [-0.4, -0.2) is 74.3 Å². The van der Waals surface area contributed by atoms with Crippen molar-refractivity contribution in [3.05, 3.63) is 0 Å². The van der Waals surface area contributed by atoms with Gasteiger partial charge in [0.25, 0.3) is 0 Å². The molecular weight excluding hydrogens is 421 g/mol. The number of halogens is 3. The third kappa shape index (κ3) is 6.29. The molecule has 1 aliphatic rings. The van der Waals surface area contributed by atoms with Crippen LogP contribution in [0.25, 0.3) is 0 Å². The van der Waals surface area contributed by atoms with Crippen LogP contribution in [0.15, 0.2) is 0 Å². The molecule has 1 unspecified atom stereocenters. The third-order valence-corrected chi connectivity index (χ3v) is 4.20. The molecular formula is C13H17F3O11S. The maximum atomic E-state index is 12.4. The van der Waals surface area contributed by atoms with Gasteiger partial charge in [0.2, 0.25) is 0 Å². The number of alkyl halides is 3. The van der Waals surface area contributed by atoms with Gasteiger partial charge in [-0.3, -0.25) is 18.6 Å². The first-order valence-electron chi connectivity index (χ1n) is 7.46. The highest BCUT2D eigenvalue weighted by Crippen LogP contribution is 2.30. The fourth-order valence-corrected chi connectivity index (χ4v) is 2.68. The van der Waals surface area contributed by atoms with Gasteiger partial charge in [-0.05, 0) is 0 Å². The Balaban J connectivity index is 3.19. The first kappa shape index (κ1) is 24.1. The van der Waals surface area contributed by atoms with Crippen molar-refractivity contribution in [3.63, 3.8) is 0 Å². The second-order valence-electron chi connectivity index (χ2n) is 5.47. The van der Waals surface area contributed by atoms with E-state index in [1.54, 1.807) is 0 Å². The summed E-state index contributed by atoms with van der Waals surface area (Å²) in [4.78, 5) is 33.9. The van der Waals surface area contributed by atoms with Crippen LogP contribution in [0.4, 0.5) is 13.2 Å². The number of carbonyl (C=O) groups is 3. The van der Waals surface area contributed by atoms with Gasteiger partial charge in [0, 0.05) is 20.8 Å². The minimum atomic E-state index is -6.03. The number of carbonyl (C=O) groups excluding carboxylic acids is 3. The third-order valence-electron chi connectivity index (χ3n) is 3.19. The summed E-state index contributed by atoms with van der Waals surface area (Å²) in [6, 6.07) is 0. The Morgan fingerprint density at radius 2 is 1.36 bits per heavy atom. The van der Waals surface area contributed by atoms with Crippen molar-refractivity contribution in [3.8, 4) is 0 Å². The minimum absolute atomic E-state index is 0.890. The molecule has 0 aromatic carbocycles. The standard InChI is InChI=1S/C13H17F3O11S/c1-5(17)24-9-8(4-23-28(21,22)13(14,15)16)27-12(20)11(26-7(3)19)10(9)25-6(2)18/h8-12,20H,4H2,1-3H3/t8-,9-,10+,11+,12?/m0/s1. The zero-order valence-corrected chi connectivity index (χ0v) is 15.5. The summed E-state index contributed by atoms with van der Waals surface area (Å²) in [5.74, 6) is -2.97. The van der Waals surface area contributed by atoms with Gasteiger partial charge >= 0.3 is 33.5 Å². The van der Waals surface area contributed by atoms with Crippen LogP contribution < -0.4 is 0 Å². The Hall–Kier alpha value is -1.97. The average molecular weight is 438 g/mol. The summed E-state index contributed by atoms with van der Waals surface area (Å²) in [5.41, 5.74) is -5.74. The second kappa shape index (κ2) is 9.02. The number of rotatable bonds is 6. The van der Waals surface area contributed by atoms with Crippen molar-refractivity contribution in [2.45, 2.75) is 57.0 Å². The molecule has 1 rings (SSSR count). The summed E-state index contributed by atoms with van der Waals surface area (Å²) in [5, 5.41) is 9.95. The Morgan fingerprint density at radius 1 is 0.929 bits per heavy atom. The number of ether oxygens (including phenoxy) is 4. The van der Waals surface area contributed by atoms with E-state index in [2.05, 4.69) is 4.18 Å². The molecule has 28 heavy (non-hydrogen) atoms. The monoisotopic (exact) mass is 438 g/mol. The van der Waals surface area contributed by atoms with E-state index in [4.69, 9.17) is 18.9 Å². The molecule has 0 aliphatic carbocycles. The summed E-state index contributed by atoms with van der Waals surface area (Å²) >= 11 is 0. The molecule has 0 aromatic rings. The van der Waals surface area contributed by atoms with Gasteiger partial charge in [-0.1, -0.05) is 0 Å². The zero-order chi connectivity index (χ0) is 21.9. The van der Waals surface area contributed by atoms with Crippen molar-refractivity contribution >= 4 is 28.0 Å². The molecule has 0 aromatic heterocycles. The van der Waals surface area contributed by atoms with Crippen LogP contribution in [0, 0.1) is 0 Å². The average Bonchev–Trinajstić information content (AvgIpc) is 2.49. The normalized spacial score (nSPS) is 28.3. The Bertz CT molecular complexity index is 705. The van der Waals surface area contributed by atoms with Crippen LogP contribution in [0.5, 0.6) is 0 Å². The van der Waals surface area contributed by atoms with Crippen LogP contribution >= 0.6 is 0 Å². The maximum absolute atomic E-state index is 12.4. The van der Waals surface area contributed by atoms with Gasteiger partial charge in [-0.15, -0.1) is 0 Å². The molecule has 0 spiro atoms. The van der Waals surface area contributed by atoms with Crippen LogP contribution in [-0.2, 0) is 47.6 Å². The summed E-state index contributed by atoms with van der Waals surface area (Å²) in [7, 11) is -6.03. The molecule has 0 amide bonds.